The molecule has 0 aromatic heterocycles. The van der Waals surface area contributed by atoms with E-state index >= 15 is 0 Å². The van der Waals surface area contributed by atoms with Crippen LogP contribution in [0.15, 0.2) is 36.4 Å². The standard InChI is InChI=1S/C33H45ClN2O5S/c1-21-7-6-9-29(22(2)37)30-14-11-26(30)19-36-16-5-4-8-24-17-28(34)13-10-27(24)20-41-32-15-12-25(18-31(32)36)33(38)35-42(39,40)23(21)3/h10,12-13,15,17-18,21-23,26,29-30,37H,4-9,11,14,16,19-20H2,1-3H3,(H,35,38)/t21?,22-,23?,26?,29-,30?/m0/s1. The maximum atomic E-state index is 13.3. The van der Waals surface area contributed by atoms with Gasteiger partial charge in [0.1, 0.15) is 12.4 Å². The Morgan fingerprint density at radius 3 is 2.57 bits per heavy atom. The molecule has 1 aliphatic carbocycles. The Kier molecular flexibility index (Phi) is 9.75. The fraction of sp³-hybridized carbons (Fsp3) is 0.606. The highest BCUT2D eigenvalue weighted by molar-refractivity contribution is 7.90. The molecule has 6 atom stereocenters. The van der Waals surface area contributed by atoms with E-state index in [1.807, 2.05) is 32.0 Å². The van der Waals surface area contributed by atoms with E-state index in [-0.39, 0.29) is 11.8 Å². The van der Waals surface area contributed by atoms with Gasteiger partial charge in [-0.25, -0.2) is 13.1 Å². The quantitative estimate of drug-likeness (QED) is 0.387. The molecule has 4 unspecified atom stereocenters. The fourth-order valence-electron chi connectivity index (χ4n) is 7.06. The third-order valence-electron chi connectivity index (χ3n) is 10.1. The van der Waals surface area contributed by atoms with Gasteiger partial charge in [-0.05, 0) is 124 Å². The number of amides is 1. The van der Waals surface area contributed by atoms with Gasteiger partial charge in [-0.2, -0.15) is 0 Å². The molecule has 5 rings (SSSR count). The highest BCUT2D eigenvalue weighted by Gasteiger charge is 2.40. The molecule has 230 valence electrons. The van der Waals surface area contributed by atoms with E-state index < -0.39 is 27.3 Å². The number of carbonyl (C=O) groups excluding carboxylic acids is 1. The number of benzene rings is 2. The zero-order valence-electron chi connectivity index (χ0n) is 25.0. The number of fused-ring (bicyclic) bond motifs is 3. The molecule has 1 amide bonds. The lowest BCUT2D eigenvalue weighted by Crippen LogP contribution is -2.44. The number of ether oxygens (including phenoxy) is 1. The van der Waals surface area contributed by atoms with Crippen LogP contribution in [0, 0.1) is 23.7 Å². The Morgan fingerprint density at radius 1 is 1.02 bits per heavy atom. The van der Waals surface area contributed by atoms with Crippen molar-refractivity contribution >= 4 is 33.2 Å². The second kappa shape index (κ2) is 13.1. The van der Waals surface area contributed by atoms with Gasteiger partial charge in [-0.3, -0.25) is 4.79 Å². The minimum Gasteiger partial charge on any atom is -0.487 e. The Morgan fingerprint density at radius 2 is 1.83 bits per heavy atom. The van der Waals surface area contributed by atoms with Gasteiger partial charge in [0.25, 0.3) is 5.91 Å². The van der Waals surface area contributed by atoms with Crippen molar-refractivity contribution in [1.29, 1.82) is 0 Å². The monoisotopic (exact) mass is 616 g/mol. The number of hydrogen-bond donors (Lipinski definition) is 2. The average Bonchev–Trinajstić information content (AvgIpc) is 2.96. The number of aryl methyl sites for hydroxylation is 1. The van der Waals surface area contributed by atoms with Crippen molar-refractivity contribution in [2.24, 2.45) is 23.7 Å². The van der Waals surface area contributed by atoms with Crippen LogP contribution < -0.4 is 14.4 Å². The number of nitrogens with zero attached hydrogens (tertiary/aromatic N) is 1. The summed E-state index contributed by atoms with van der Waals surface area (Å²) < 4.78 is 35.2. The highest BCUT2D eigenvalue weighted by atomic mass is 35.5. The number of hydrogen-bond acceptors (Lipinski definition) is 6. The van der Waals surface area contributed by atoms with Crippen molar-refractivity contribution in [3.05, 3.63) is 58.1 Å². The van der Waals surface area contributed by atoms with Crippen LogP contribution in [0.2, 0.25) is 5.02 Å². The summed E-state index contributed by atoms with van der Waals surface area (Å²) in [5.74, 6) is 0.956. The van der Waals surface area contributed by atoms with Crippen LogP contribution >= 0.6 is 11.6 Å². The van der Waals surface area contributed by atoms with Crippen molar-refractivity contribution in [3.8, 4) is 5.75 Å². The van der Waals surface area contributed by atoms with Crippen molar-refractivity contribution in [2.75, 3.05) is 18.0 Å². The molecular formula is C33H45ClN2O5S. The number of nitrogens with one attached hydrogen (secondary N) is 1. The Labute approximate surface area is 256 Å². The molecule has 3 aliphatic rings. The number of aliphatic hydroxyl groups is 1. The van der Waals surface area contributed by atoms with Gasteiger partial charge in [-0.1, -0.05) is 31.0 Å². The molecular weight excluding hydrogens is 572 g/mol. The smallest absolute Gasteiger partial charge is 0.264 e. The summed E-state index contributed by atoms with van der Waals surface area (Å²) in [6, 6.07) is 11.2. The zero-order chi connectivity index (χ0) is 30.0. The van der Waals surface area contributed by atoms with Gasteiger partial charge < -0.3 is 14.7 Å². The molecule has 0 saturated heterocycles. The maximum Gasteiger partial charge on any atom is 0.264 e. The van der Waals surface area contributed by atoms with E-state index in [2.05, 4.69) is 9.62 Å². The lowest BCUT2D eigenvalue weighted by atomic mass is 9.64. The predicted molar refractivity (Wildman–Crippen MR) is 168 cm³/mol. The molecule has 9 heteroatoms. The molecule has 2 aliphatic heterocycles. The molecule has 2 aromatic carbocycles. The summed E-state index contributed by atoms with van der Waals surface area (Å²) in [6.07, 6.45) is 7.07. The van der Waals surface area contributed by atoms with Gasteiger partial charge in [0.15, 0.2) is 0 Å². The van der Waals surface area contributed by atoms with Crippen LogP contribution in [0.1, 0.15) is 87.2 Å². The Hall–Kier alpha value is -2.29. The van der Waals surface area contributed by atoms with Crippen molar-refractivity contribution < 1.29 is 23.1 Å². The fourth-order valence-corrected chi connectivity index (χ4v) is 8.56. The molecule has 1 saturated carbocycles. The third kappa shape index (κ3) is 6.92. The summed E-state index contributed by atoms with van der Waals surface area (Å²) >= 11 is 6.32. The van der Waals surface area contributed by atoms with Gasteiger partial charge in [0.2, 0.25) is 10.0 Å². The third-order valence-corrected chi connectivity index (χ3v) is 12.2. The molecule has 2 N–H and O–H groups in total. The van der Waals surface area contributed by atoms with Gasteiger partial charge >= 0.3 is 0 Å². The van der Waals surface area contributed by atoms with E-state index in [1.54, 1.807) is 25.1 Å². The number of aliphatic hydroxyl groups excluding tert-OH is 1. The molecule has 7 nitrogen and oxygen atoms in total. The first-order chi connectivity index (χ1) is 20.0. The molecule has 42 heavy (non-hydrogen) atoms. The van der Waals surface area contributed by atoms with E-state index in [0.29, 0.717) is 34.8 Å². The van der Waals surface area contributed by atoms with E-state index in [1.165, 1.54) is 5.56 Å². The van der Waals surface area contributed by atoms with Crippen molar-refractivity contribution in [3.63, 3.8) is 0 Å². The van der Waals surface area contributed by atoms with E-state index in [0.717, 1.165) is 75.7 Å². The van der Waals surface area contributed by atoms with Gasteiger partial charge in [-0.15, -0.1) is 0 Å². The number of sulfonamides is 1. The SMILES string of the molecule is CC1CCC[C@@H]([C@H](C)O)C2CCC2CN2CCCCc3cc(Cl)ccc3COc3ccc(cc32)C(=O)NS(=O)(=O)C1C. The maximum absolute atomic E-state index is 13.3. The molecule has 2 heterocycles. The minimum absolute atomic E-state index is 0.121. The highest BCUT2D eigenvalue weighted by Crippen LogP contribution is 2.45. The normalized spacial score (nSPS) is 29.4. The van der Waals surface area contributed by atoms with Crippen LogP contribution in [0.5, 0.6) is 5.75 Å². The summed E-state index contributed by atoms with van der Waals surface area (Å²) in [4.78, 5) is 15.7. The predicted octanol–water partition coefficient (Wildman–Crippen LogP) is 6.35. The van der Waals surface area contributed by atoms with Gasteiger partial charge in [0.05, 0.1) is 17.0 Å². The Balaban J connectivity index is 1.54. The van der Waals surface area contributed by atoms with Crippen molar-refractivity contribution in [2.45, 2.75) is 90.1 Å². The first kappa shape index (κ1) is 31.1. The van der Waals surface area contributed by atoms with Crippen molar-refractivity contribution in [1.82, 2.24) is 4.72 Å². The number of anilines is 1. The first-order valence-electron chi connectivity index (χ1n) is 15.6. The van der Waals surface area contributed by atoms with E-state index in [4.69, 9.17) is 16.3 Å². The molecule has 0 spiro atoms. The minimum atomic E-state index is -3.88. The number of carbonyl (C=O) groups is 1. The first-order valence-corrected chi connectivity index (χ1v) is 17.5. The molecule has 1 fully saturated rings. The zero-order valence-corrected chi connectivity index (χ0v) is 26.6. The number of rotatable bonds is 1. The summed E-state index contributed by atoms with van der Waals surface area (Å²) in [7, 11) is -3.88. The number of halogens is 1. The summed E-state index contributed by atoms with van der Waals surface area (Å²) in [5, 5.41) is 10.8. The summed E-state index contributed by atoms with van der Waals surface area (Å²) in [5.41, 5.74) is 3.38. The van der Waals surface area contributed by atoms with E-state index in [9.17, 15) is 18.3 Å². The summed E-state index contributed by atoms with van der Waals surface area (Å²) in [6.45, 7) is 7.47. The largest absolute Gasteiger partial charge is 0.487 e. The second-order valence-electron chi connectivity index (χ2n) is 12.8. The van der Waals surface area contributed by atoms with Crippen LogP contribution in [0.25, 0.3) is 0 Å². The van der Waals surface area contributed by atoms with Crippen LogP contribution in [-0.4, -0.2) is 43.9 Å². The van der Waals surface area contributed by atoms with Crippen LogP contribution in [0.4, 0.5) is 5.69 Å². The molecule has 0 radical (unpaired) electrons. The van der Waals surface area contributed by atoms with Crippen LogP contribution in [-0.2, 0) is 23.1 Å². The lowest BCUT2D eigenvalue weighted by molar-refractivity contribution is 0.0115. The topological polar surface area (TPSA) is 95.9 Å². The second-order valence-corrected chi connectivity index (χ2v) is 15.3. The van der Waals surface area contributed by atoms with Gasteiger partial charge in [0, 0.05) is 23.7 Å². The Bertz CT molecular complexity index is 1380. The molecule has 2 bridgehead atoms. The lowest BCUT2D eigenvalue weighted by Gasteiger charge is -2.46. The molecule has 2 aromatic rings. The van der Waals surface area contributed by atoms with Crippen LogP contribution in [0.3, 0.4) is 0 Å². The average molecular weight is 617 g/mol.